The Morgan fingerprint density at radius 2 is 1.82 bits per heavy atom. The van der Waals surface area contributed by atoms with Gasteiger partial charge in [-0.05, 0) is 43.3 Å². The monoisotopic (exact) mass is 480 g/mol. The number of aliphatic hydroxyl groups is 1. The Labute approximate surface area is 201 Å². The van der Waals surface area contributed by atoms with Crippen LogP contribution in [0.5, 0.6) is 0 Å². The van der Waals surface area contributed by atoms with E-state index < -0.39 is 13.9 Å². The molecule has 5 rings (SSSR count). The number of fused-ring (bicyclic) bond motifs is 2. The van der Waals surface area contributed by atoms with Crippen molar-refractivity contribution in [2.45, 2.75) is 56.7 Å². The van der Waals surface area contributed by atoms with Crippen LogP contribution in [0.2, 0.25) is 18.6 Å². The van der Waals surface area contributed by atoms with E-state index in [4.69, 9.17) is 4.74 Å². The average molecular weight is 481 g/mol. The van der Waals surface area contributed by atoms with Gasteiger partial charge in [0.05, 0.1) is 18.3 Å². The van der Waals surface area contributed by atoms with Gasteiger partial charge in [-0.15, -0.1) is 0 Å². The normalized spacial score (nSPS) is 28.6. The van der Waals surface area contributed by atoms with Crippen molar-refractivity contribution in [3.63, 3.8) is 0 Å². The van der Waals surface area contributed by atoms with Crippen molar-refractivity contribution in [2.24, 2.45) is 5.92 Å². The number of benzene rings is 2. The van der Waals surface area contributed by atoms with Crippen molar-refractivity contribution in [3.8, 4) is 0 Å². The Morgan fingerprint density at radius 1 is 1.12 bits per heavy atom. The highest BCUT2D eigenvalue weighted by Gasteiger charge is 2.65. The molecule has 3 heterocycles. The molecule has 0 saturated carbocycles. The van der Waals surface area contributed by atoms with Gasteiger partial charge in [0.2, 0.25) is 5.91 Å². The highest BCUT2D eigenvalue weighted by molar-refractivity contribution is 6.71. The van der Waals surface area contributed by atoms with Crippen LogP contribution in [-0.4, -0.2) is 49.3 Å². The van der Waals surface area contributed by atoms with Crippen molar-refractivity contribution in [3.05, 3.63) is 59.7 Å². The summed E-state index contributed by atoms with van der Waals surface area (Å²) in [5.74, 6) is -0.214. The highest BCUT2D eigenvalue weighted by Crippen LogP contribution is 2.59. The molecule has 0 unspecified atom stereocenters. The number of β-lactam (4-membered cyclic amide) rings is 1. The van der Waals surface area contributed by atoms with Crippen LogP contribution in [-0.2, 0) is 26.5 Å². The Bertz CT molecular complexity index is 1110. The third-order valence-electron chi connectivity index (χ3n) is 7.74. The molecule has 2 amide bonds. The summed E-state index contributed by atoms with van der Waals surface area (Å²) < 4.78 is 6.57. The maximum absolute atomic E-state index is 14.1. The van der Waals surface area contributed by atoms with E-state index in [2.05, 4.69) is 0 Å². The molecule has 34 heavy (non-hydrogen) atoms. The predicted molar refractivity (Wildman–Crippen MR) is 132 cm³/mol. The maximum Gasteiger partial charge on any atom is 0.264 e. The smallest absolute Gasteiger partial charge is 0.264 e. The van der Waals surface area contributed by atoms with Gasteiger partial charge in [-0.25, -0.2) is 0 Å². The van der Waals surface area contributed by atoms with Crippen LogP contribution in [0.1, 0.15) is 30.9 Å². The third kappa shape index (κ3) is 3.43. The molecular weight excluding hydrogens is 448 g/mol. The number of hydrogen-bond donors (Lipinski definition) is 2. The van der Waals surface area contributed by atoms with Crippen LogP contribution < -0.4 is 9.80 Å². The van der Waals surface area contributed by atoms with Gasteiger partial charge in [0.25, 0.3) is 5.91 Å². The van der Waals surface area contributed by atoms with Gasteiger partial charge in [-0.1, -0.05) is 37.3 Å². The summed E-state index contributed by atoms with van der Waals surface area (Å²) in [6.07, 6.45) is 0.601. The Morgan fingerprint density at radius 3 is 2.41 bits per heavy atom. The van der Waals surface area contributed by atoms with E-state index >= 15 is 0 Å². The van der Waals surface area contributed by atoms with Gasteiger partial charge >= 0.3 is 0 Å². The first-order valence-electron chi connectivity index (χ1n) is 12.0. The summed E-state index contributed by atoms with van der Waals surface area (Å²) in [6.45, 7) is 6.85. The molecule has 0 aromatic heterocycles. The number of hydrogen-bond acceptors (Lipinski definition) is 5. The minimum Gasteiger partial charge on any atom is -0.432 e. The van der Waals surface area contributed by atoms with Crippen molar-refractivity contribution in [2.75, 3.05) is 23.0 Å². The van der Waals surface area contributed by atoms with Crippen LogP contribution in [0.3, 0.4) is 0 Å². The first kappa shape index (κ1) is 23.2. The van der Waals surface area contributed by atoms with E-state index in [9.17, 15) is 19.5 Å². The second-order valence-electron chi connectivity index (χ2n) is 10.2. The fourth-order valence-corrected chi connectivity index (χ4v) is 8.74. The molecule has 1 spiro atoms. The van der Waals surface area contributed by atoms with E-state index in [1.165, 1.54) is 0 Å². The first-order valence-corrected chi connectivity index (χ1v) is 15.0. The molecule has 3 aliphatic heterocycles. The lowest BCUT2D eigenvalue weighted by Gasteiger charge is -2.32. The summed E-state index contributed by atoms with van der Waals surface area (Å²) in [4.78, 5) is 40.5. The molecule has 2 aromatic carbocycles. The van der Waals surface area contributed by atoms with Gasteiger partial charge in [-0.2, -0.15) is 0 Å². The standard InChI is InChI=1S/C26H32N2O5Si/c1-17-24(34(2,3)32)22(13-15-29)33-26(17)20-6-4-5-7-21(20)28(25(26)31)16-18-8-10-19(11-9-18)27-14-12-23(27)30/h4-11,17,22,24,29,32H,12-16H2,1-3H3/t17-,22+,24-,26+/m1/s1. The minimum atomic E-state index is -2.69. The molecule has 0 bridgehead atoms. The fourth-order valence-electron chi connectivity index (χ4n) is 6.14. The molecule has 2 fully saturated rings. The molecule has 2 saturated heterocycles. The number of anilines is 2. The third-order valence-corrected chi connectivity index (χ3v) is 10.2. The number of nitrogens with zero attached hydrogens (tertiary/aromatic N) is 2. The summed E-state index contributed by atoms with van der Waals surface area (Å²) in [5, 5.41) is 9.67. The maximum atomic E-state index is 14.1. The lowest BCUT2D eigenvalue weighted by molar-refractivity contribution is -0.146. The lowest BCUT2D eigenvalue weighted by atomic mass is 9.82. The van der Waals surface area contributed by atoms with Gasteiger partial charge in [0.15, 0.2) is 13.9 Å². The quantitative estimate of drug-likeness (QED) is 0.490. The van der Waals surface area contributed by atoms with Crippen molar-refractivity contribution < 1.29 is 24.2 Å². The molecule has 7 nitrogen and oxygen atoms in total. The number of carbonyl (C=O) groups is 2. The number of amides is 2. The van der Waals surface area contributed by atoms with E-state index in [-0.39, 0.29) is 36.0 Å². The lowest BCUT2D eigenvalue weighted by Crippen LogP contribution is -2.46. The Balaban J connectivity index is 1.49. The number of rotatable bonds is 6. The molecule has 4 atom stereocenters. The number of aliphatic hydroxyl groups excluding tert-OH is 1. The van der Waals surface area contributed by atoms with E-state index in [0.717, 1.165) is 29.0 Å². The summed E-state index contributed by atoms with van der Waals surface area (Å²) >= 11 is 0. The second-order valence-corrected chi connectivity index (χ2v) is 14.2. The van der Waals surface area contributed by atoms with E-state index in [0.29, 0.717) is 19.4 Å². The summed E-state index contributed by atoms with van der Waals surface area (Å²) in [7, 11) is -2.69. The van der Waals surface area contributed by atoms with Crippen molar-refractivity contribution in [1.29, 1.82) is 0 Å². The fraction of sp³-hybridized carbons (Fsp3) is 0.462. The van der Waals surface area contributed by atoms with Crippen LogP contribution in [0.25, 0.3) is 0 Å². The topological polar surface area (TPSA) is 90.3 Å². The van der Waals surface area contributed by atoms with Crippen LogP contribution in [0, 0.1) is 5.92 Å². The highest BCUT2D eigenvalue weighted by atomic mass is 28.4. The largest absolute Gasteiger partial charge is 0.432 e. The average Bonchev–Trinajstić information content (AvgIpc) is 3.21. The van der Waals surface area contributed by atoms with E-state index in [1.54, 1.807) is 9.80 Å². The van der Waals surface area contributed by atoms with Crippen molar-refractivity contribution >= 4 is 31.5 Å². The molecule has 2 aromatic rings. The Hall–Kier alpha value is -2.52. The zero-order valence-corrected chi connectivity index (χ0v) is 20.9. The van der Waals surface area contributed by atoms with Gasteiger partial charge in [0.1, 0.15) is 0 Å². The SMILES string of the molecule is C[C@@H]1[C@@H]([Si](C)(C)O)[C@H](CCO)O[C@@]12C(=O)N(Cc1ccc(N3CCC3=O)cc1)c1ccccc12. The zero-order valence-electron chi connectivity index (χ0n) is 19.9. The van der Waals surface area contributed by atoms with Gasteiger partial charge < -0.3 is 24.4 Å². The second kappa shape index (κ2) is 8.30. The number of para-hydroxylation sites is 1. The van der Waals surface area contributed by atoms with Gasteiger partial charge in [-0.3, -0.25) is 9.59 Å². The number of carbonyl (C=O) groups excluding carboxylic acids is 2. The molecule has 180 valence electrons. The molecular formula is C26H32N2O5Si. The molecule has 3 aliphatic rings. The minimum absolute atomic E-state index is 0.0557. The van der Waals surface area contributed by atoms with Crippen molar-refractivity contribution in [1.82, 2.24) is 0 Å². The molecule has 0 radical (unpaired) electrons. The number of ether oxygens (including phenoxy) is 1. The van der Waals surface area contributed by atoms with Crippen LogP contribution >= 0.6 is 0 Å². The van der Waals surface area contributed by atoms with Gasteiger partial charge in [0, 0.05) is 42.3 Å². The molecule has 2 N–H and O–H groups in total. The summed E-state index contributed by atoms with van der Waals surface area (Å²) in [5.41, 5.74) is 2.15. The predicted octanol–water partition coefficient (Wildman–Crippen LogP) is 3.15. The van der Waals surface area contributed by atoms with Crippen LogP contribution in [0.15, 0.2) is 48.5 Å². The Kier molecular flexibility index (Phi) is 5.67. The van der Waals surface area contributed by atoms with Crippen LogP contribution in [0.4, 0.5) is 11.4 Å². The summed E-state index contributed by atoms with van der Waals surface area (Å²) in [6, 6.07) is 15.5. The first-order chi connectivity index (χ1) is 16.2. The molecule has 8 heteroatoms. The molecule has 0 aliphatic carbocycles. The zero-order chi connectivity index (χ0) is 24.3. The van der Waals surface area contributed by atoms with E-state index in [1.807, 2.05) is 68.5 Å².